The molecule has 0 atom stereocenters. The number of pyridine rings is 1. The summed E-state index contributed by atoms with van der Waals surface area (Å²) in [6, 6.07) is 30.7. The average Bonchev–Trinajstić information content (AvgIpc) is 2.75. The van der Waals surface area contributed by atoms with E-state index in [0.29, 0.717) is 24.8 Å². The second kappa shape index (κ2) is 9.05. The summed E-state index contributed by atoms with van der Waals surface area (Å²) in [7, 11) is 0. The molecule has 0 spiro atoms. The summed E-state index contributed by atoms with van der Waals surface area (Å²) in [5, 5.41) is 1.05. The molecule has 0 amide bonds. The van der Waals surface area contributed by atoms with Gasteiger partial charge in [-0.05, 0) is 23.3 Å². The van der Waals surface area contributed by atoms with Crippen molar-refractivity contribution >= 4 is 10.9 Å². The average molecular weight is 369 g/mol. The lowest BCUT2D eigenvalue weighted by molar-refractivity contribution is 0.264. The van der Waals surface area contributed by atoms with Gasteiger partial charge in [-0.3, -0.25) is 0 Å². The first-order valence-corrected chi connectivity index (χ1v) is 9.62. The Morgan fingerprint density at radius 3 is 1.86 bits per heavy atom. The molecule has 0 N–H and O–H groups in total. The van der Waals surface area contributed by atoms with Gasteiger partial charge in [-0.2, -0.15) is 0 Å². The Morgan fingerprint density at radius 1 is 0.607 bits per heavy atom. The maximum atomic E-state index is 6.06. The van der Waals surface area contributed by atoms with E-state index in [0.717, 1.165) is 23.7 Å². The molecule has 0 unspecified atom stereocenters. The largest absolute Gasteiger partial charge is 0.488 e. The van der Waals surface area contributed by atoms with Crippen LogP contribution in [0.4, 0.5) is 0 Å². The fourth-order valence-electron chi connectivity index (χ4n) is 3.12. The maximum absolute atomic E-state index is 6.06. The molecule has 0 radical (unpaired) electrons. The van der Waals surface area contributed by atoms with Gasteiger partial charge in [0.15, 0.2) is 5.75 Å². The monoisotopic (exact) mass is 369 g/mol. The lowest BCUT2D eigenvalue weighted by Crippen LogP contribution is -2.07. The van der Waals surface area contributed by atoms with E-state index >= 15 is 0 Å². The summed E-state index contributed by atoms with van der Waals surface area (Å²) in [4.78, 5) is 4.68. The van der Waals surface area contributed by atoms with Crippen molar-refractivity contribution in [2.45, 2.75) is 12.8 Å². The Kier molecular flexibility index (Phi) is 5.83. The molecule has 0 saturated carbocycles. The van der Waals surface area contributed by atoms with Crippen molar-refractivity contribution in [3.8, 4) is 11.6 Å². The van der Waals surface area contributed by atoms with Gasteiger partial charge >= 0.3 is 0 Å². The molecule has 0 aliphatic rings. The van der Waals surface area contributed by atoms with Gasteiger partial charge in [-0.1, -0.05) is 78.9 Å². The number of ether oxygens (including phenoxy) is 2. The van der Waals surface area contributed by atoms with E-state index < -0.39 is 0 Å². The van der Waals surface area contributed by atoms with Gasteiger partial charge in [0.1, 0.15) is 0 Å². The molecule has 0 fully saturated rings. The summed E-state index contributed by atoms with van der Waals surface area (Å²) >= 11 is 0. The molecule has 1 heterocycles. The minimum absolute atomic E-state index is 0.558. The third kappa shape index (κ3) is 4.68. The van der Waals surface area contributed by atoms with Crippen molar-refractivity contribution < 1.29 is 9.47 Å². The number of rotatable bonds is 8. The van der Waals surface area contributed by atoms with E-state index in [1.54, 1.807) is 0 Å². The molecule has 0 saturated heterocycles. The molecule has 0 aliphatic carbocycles. The Morgan fingerprint density at radius 2 is 1.18 bits per heavy atom. The van der Waals surface area contributed by atoms with Gasteiger partial charge in [0.25, 0.3) is 5.88 Å². The summed E-state index contributed by atoms with van der Waals surface area (Å²) in [6.07, 6.45) is 1.68. The minimum Gasteiger partial charge on any atom is -0.488 e. The Bertz CT molecular complexity index is 932. The van der Waals surface area contributed by atoms with Crippen LogP contribution in [0.5, 0.6) is 11.6 Å². The topological polar surface area (TPSA) is 31.4 Å². The highest BCUT2D eigenvalue weighted by atomic mass is 16.5. The molecular formula is C25H23NO2. The van der Waals surface area contributed by atoms with E-state index in [1.807, 2.05) is 66.7 Å². The first kappa shape index (κ1) is 18.1. The number of para-hydroxylation sites is 1. The van der Waals surface area contributed by atoms with E-state index in [-0.39, 0.29) is 0 Å². The number of nitrogens with zero attached hydrogens (tertiary/aromatic N) is 1. The first-order chi connectivity index (χ1) is 13.9. The van der Waals surface area contributed by atoms with E-state index in [4.69, 9.17) is 9.47 Å². The number of benzene rings is 3. The lowest BCUT2D eigenvalue weighted by atomic mass is 10.2. The van der Waals surface area contributed by atoms with Crippen LogP contribution in [0.25, 0.3) is 10.9 Å². The molecule has 4 rings (SSSR count). The van der Waals surface area contributed by atoms with Crippen molar-refractivity contribution in [2.24, 2.45) is 0 Å². The summed E-state index contributed by atoms with van der Waals surface area (Å²) in [5.74, 6) is 1.25. The summed E-state index contributed by atoms with van der Waals surface area (Å²) in [6.45, 7) is 1.14. The normalized spacial score (nSPS) is 10.7. The molecule has 28 heavy (non-hydrogen) atoms. The van der Waals surface area contributed by atoms with Crippen molar-refractivity contribution in [3.05, 3.63) is 102 Å². The van der Waals surface area contributed by atoms with Gasteiger partial charge in [-0.15, -0.1) is 0 Å². The zero-order valence-electron chi connectivity index (χ0n) is 15.8. The molecule has 0 aliphatic heterocycles. The fraction of sp³-hybridized carbons (Fsp3) is 0.160. The van der Waals surface area contributed by atoms with Gasteiger partial charge in [0, 0.05) is 18.2 Å². The number of fused-ring (bicyclic) bond motifs is 1. The van der Waals surface area contributed by atoms with Crippen molar-refractivity contribution in [2.75, 3.05) is 13.2 Å². The van der Waals surface area contributed by atoms with Crippen LogP contribution >= 0.6 is 0 Å². The lowest BCUT2D eigenvalue weighted by Gasteiger charge is -2.13. The summed E-state index contributed by atoms with van der Waals surface area (Å²) in [5.41, 5.74) is 3.41. The first-order valence-electron chi connectivity index (χ1n) is 9.62. The van der Waals surface area contributed by atoms with Gasteiger partial charge in [-0.25, -0.2) is 4.98 Å². The van der Waals surface area contributed by atoms with Crippen LogP contribution in [0, 0.1) is 0 Å². The van der Waals surface area contributed by atoms with Crippen molar-refractivity contribution in [1.29, 1.82) is 0 Å². The summed E-state index contributed by atoms with van der Waals surface area (Å²) < 4.78 is 12.1. The quantitative estimate of drug-likeness (QED) is 0.412. The van der Waals surface area contributed by atoms with Crippen molar-refractivity contribution in [3.63, 3.8) is 0 Å². The van der Waals surface area contributed by atoms with Crippen LogP contribution in [-0.2, 0) is 12.8 Å². The third-order valence-electron chi connectivity index (χ3n) is 4.62. The number of hydrogen-bond donors (Lipinski definition) is 0. The van der Waals surface area contributed by atoms with Crippen molar-refractivity contribution in [1.82, 2.24) is 4.98 Å². The highest BCUT2D eigenvalue weighted by Crippen LogP contribution is 2.29. The predicted octanol–water partition coefficient (Wildman–Crippen LogP) is 5.48. The third-order valence-corrected chi connectivity index (χ3v) is 4.62. The Labute approximate surface area is 165 Å². The molecular weight excluding hydrogens is 346 g/mol. The molecule has 0 bridgehead atoms. The number of hydrogen-bond acceptors (Lipinski definition) is 3. The van der Waals surface area contributed by atoms with Crippen LogP contribution in [0.2, 0.25) is 0 Å². The number of aromatic nitrogens is 1. The fourth-order valence-corrected chi connectivity index (χ4v) is 3.12. The predicted molar refractivity (Wildman–Crippen MR) is 113 cm³/mol. The molecule has 3 nitrogen and oxygen atoms in total. The molecule has 140 valence electrons. The Hall–Kier alpha value is -3.33. The van der Waals surface area contributed by atoms with Crippen LogP contribution in [0.15, 0.2) is 91.0 Å². The standard InChI is InChI=1S/C25H23NO2/c1-3-9-20(10-4-1)15-17-27-24-19-22-13-7-8-14-23(22)26-25(24)28-18-16-21-11-5-2-6-12-21/h1-14,19H,15-18H2. The maximum Gasteiger partial charge on any atom is 0.257 e. The van der Waals surface area contributed by atoms with Crippen LogP contribution in [0.3, 0.4) is 0 Å². The Balaban J connectivity index is 1.47. The van der Waals surface area contributed by atoms with E-state index in [9.17, 15) is 0 Å². The van der Waals surface area contributed by atoms with Crippen LogP contribution < -0.4 is 9.47 Å². The van der Waals surface area contributed by atoms with Gasteiger partial charge in [0.05, 0.1) is 18.7 Å². The molecule has 1 aromatic heterocycles. The van der Waals surface area contributed by atoms with E-state index in [1.165, 1.54) is 11.1 Å². The van der Waals surface area contributed by atoms with Crippen LogP contribution in [-0.4, -0.2) is 18.2 Å². The minimum atomic E-state index is 0.558. The smallest absolute Gasteiger partial charge is 0.257 e. The molecule has 3 heteroatoms. The zero-order valence-corrected chi connectivity index (χ0v) is 15.8. The zero-order chi connectivity index (χ0) is 19.0. The highest BCUT2D eigenvalue weighted by Gasteiger charge is 2.10. The second-order valence-electron chi connectivity index (χ2n) is 6.65. The van der Waals surface area contributed by atoms with Gasteiger partial charge in [0.2, 0.25) is 0 Å². The second-order valence-corrected chi connectivity index (χ2v) is 6.65. The molecule has 3 aromatic carbocycles. The van der Waals surface area contributed by atoms with Gasteiger partial charge < -0.3 is 9.47 Å². The highest BCUT2D eigenvalue weighted by molar-refractivity contribution is 5.81. The SMILES string of the molecule is c1ccc(CCOc2cc3ccccc3nc2OCCc2ccccc2)cc1. The van der Waals surface area contributed by atoms with E-state index in [2.05, 4.69) is 29.2 Å². The van der Waals surface area contributed by atoms with Crippen LogP contribution in [0.1, 0.15) is 11.1 Å². The molecule has 4 aromatic rings.